The average molecular weight is 430 g/mol. The highest BCUT2D eigenvalue weighted by Crippen LogP contribution is 2.39. The summed E-state index contributed by atoms with van der Waals surface area (Å²) in [5.41, 5.74) is 8.87. The second kappa shape index (κ2) is 8.26. The first-order chi connectivity index (χ1) is 13.5. The minimum atomic E-state index is -0.480. The van der Waals surface area contributed by atoms with Gasteiger partial charge in [0.2, 0.25) is 0 Å². The summed E-state index contributed by atoms with van der Waals surface area (Å²) in [5.74, 6) is 0.523. The molecule has 0 aliphatic carbocycles. The molecular formula is C21H27BN2O3S2. The van der Waals surface area contributed by atoms with Crippen LogP contribution in [0.2, 0.25) is 0 Å². The van der Waals surface area contributed by atoms with Crippen molar-refractivity contribution in [2.45, 2.75) is 52.7 Å². The van der Waals surface area contributed by atoms with Crippen LogP contribution >= 0.6 is 23.1 Å². The van der Waals surface area contributed by atoms with E-state index in [1.165, 1.54) is 23.1 Å². The number of carbonyl (C=O) groups is 1. The van der Waals surface area contributed by atoms with E-state index in [1.807, 2.05) is 65.0 Å². The van der Waals surface area contributed by atoms with Crippen LogP contribution in [0.5, 0.6) is 0 Å². The predicted octanol–water partition coefficient (Wildman–Crippen LogP) is 5.00. The molecule has 8 heteroatoms. The number of rotatable bonds is 5. The molecule has 0 radical (unpaired) electrons. The predicted molar refractivity (Wildman–Crippen MR) is 124 cm³/mol. The van der Waals surface area contributed by atoms with Crippen LogP contribution in [0.3, 0.4) is 0 Å². The van der Waals surface area contributed by atoms with Gasteiger partial charge in [0.25, 0.3) is 0 Å². The van der Waals surface area contributed by atoms with Crippen LogP contribution in [0.15, 0.2) is 29.7 Å². The maximum absolute atomic E-state index is 11.5. The minimum absolute atomic E-state index is 0.0689. The van der Waals surface area contributed by atoms with Crippen LogP contribution in [0.4, 0.5) is 5.13 Å². The fraction of sp³-hybridized carbons (Fsp3) is 0.429. The molecule has 154 valence electrons. The lowest BCUT2D eigenvalue weighted by molar-refractivity contribution is -0.109. The van der Waals surface area contributed by atoms with Gasteiger partial charge in [0.1, 0.15) is 0 Å². The van der Waals surface area contributed by atoms with Crippen LogP contribution in [0.25, 0.3) is 17.3 Å². The topological polar surface area (TPSA) is 74.4 Å². The largest absolute Gasteiger partial charge is 0.491 e. The fourth-order valence-electron chi connectivity index (χ4n) is 2.99. The molecule has 3 rings (SSSR count). The van der Waals surface area contributed by atoms with E-state index in [0.717, 1.165) is 27.2 Å². The number of thioether (sulfide) groups is 1. The molecule has 0 unspecified atom stereocenters. The van der Waals surface area contributed by atoms with E-state index in [-0.39, 0.29) is 5.12 Å². The lowest BCUT2D eigenvalue weighted by Crippen LogP contribution is -2.41. The van der Waals surface area contributed by atoms with Crippen molar-refractivity contribution in [3.63, 3.8) is 0 Å². The zero-order valence-electron chi connectivity index (χ0n) is 17.7. The summed E-state index contributed by atoms with van der Waals surface area (Å²) >= 11 is 2.75. The minimum Gasteiger partial charge on any atom is -0.400 e. The number of hydrogen-bond acceptors (Lipinski definition) is 7. The molecule has 1 aromatic heterocycles. The Labute approximate surface area is 181 Å². The molecule has 1 aromatic carbocycles. The van der Waals surface area contributed by atoms with Crippen LogP contribution in [-0.2, 0) is 14.1 Å². The first kappa shape index (κ1) is 22.1. The molecule has 0 bridgehead atoms. The number of aromatic nitrogens is 1. The van der Waals surface area contributed by atoms with Gasteiger partial charge in [-0.15, -0.1) is 11.3 Å². The van der Waals surface area contributed by atoms with Crippen molar-refractivity contribution in [1.29, 1.82) is 0 Å². The summed E-state index contributed by atoms with van der Waals surface area (Å²) in [4.78, 5) is 17.1. The third-order valence-corrected chi connectivity index (χ3v) is 7.03. The highest BCUT2D eigenvalue weighted by molar-refractivity contribution is 8.13. The van der Waals surface area contributed by atoms with Gasteiger partial charge >= 0.3 is 7.12 Å². The van der Waals surface area contributed by atoms with Gasteiger partial charge in [-0.3, -0.25) is 4.79 Å². The SMILES string of the molecule is CC(=O)SCC(=Cc1ccc(-c2nc(N)sc2C)cc1)B1OC(C)(C)C(C)(C)O1. The van der Waals surface area contributed by atoms with Crippen LogP contribution < -0.4 is 5.73 Å². The maximum atomic E-state index is 11.5. The van der Waals surface area contributed by atoms with Gasteiger partial charge in [0.15, 0.2) is 10.2 Å². The van der Waals surface area contributed by atoms with Gasteiger partial charge in [-0.05, 0) is 45.7 Å². The monoisotopic (exact) mass is 430 g/mol. The molecule has 2 heterocycles. The van der Waals surface area contributed by atoms with E-state index in [0.29, 0.717) is 10.9 Å². The highest BCUT2D eigenvalue weighted by Gasteiger charge is 2.52. The maximum Gasteiger partial charge on any atom is 0.491 e. The van der Waals surface area contributed by atoms with E-state index in [9.17, 15) is 4.79 Å². The van der Waals surface area contributed by atoms with E-state index < -0.39 is 18.3 Å². The standard InChI is InChI=1S/C21H27BN2O3S2/c1-13-18(24-19(23)29-13)16-9-7-15(8-10-16)11-17(12-28-14(2)25)22-26-20(3,4)21(5,6)27-22/h7-11H,12H2,1-6H3,(H2,23,24). The molecule has 1 saturated heterocycles. The first-order valence-corrected chi connectivity index (χ1v) is 11.3. The van der Waals surface area contributed by atoms with E-state index in [2.05, 4.69) is 4.98 Å². The van der Waals surface area contributed by atoms with Crippen molar-refractivity contribution in [2.24, 2.45) is 0 Å². The fourth-order valence-corrected chi connectivity index (χ4v) is 4.29. The normalized spacial score (nSPS) is 18.3. The lowest BCUT2D eigenvalue weighted by atomic mass is 9.78. The number of nitrogen functional groups attached to an aromatic ring is 1. The number of carbonyl (C=O) groups excluding carboxylic acids is 1. The van der Waals surface area contributed by atoms with Crippen molar-refractivity contribution in [3.8, 4) is 11.3 Å². The summed E-state index contributed by atoms with van der Waals surface area (Å²) in [6.07, 6.45) is 2.05. The van der Waals surface area contributed by atoms with Gasteiger partial charge in [-0.2, -0.15) is 0 Å². The number of benzene rings is 1. The highest BCUT2D eigenvalue weighted by atomic mass is 32.2. The zero-order valence-corrected chi connectivity index (χ0v) is 19.4. The average Bonchev–Trinajstić information content (AvgIpc) is 3.06. The summed E-state index contributed by atoms with van der Waals surface area (Å²) in [6.45, 7) is 11.7. The molecule has 5 nitrogen and oxygen atoms in total. The Morgan fingerprint density at radius 1 is 1.21 bits per heavy atom. The Morgan fingerprint density at radius 3 is 2.28 bits per heavy atom. The Bertz CT molecular complexity index is 920. The molecule has 0 amide bonds. The summed E-state index contributed by atoms with van der Waals surface area (Å²) in [6, 6.07) is 8.14. The van der Waals surface area contributed by atoms with E-state index >= 15 is 0 Å². The van der Waals surface area contributed by atoms with Crippen molar-refractivity contribution in [3.05, 3.63) is 40.2 Å². The van der Waals surface area contributed by atoms with Gasteiger partial charge in [-0.1, -0.05) is 42.1 Å². The van der Waals surface area contributed by atoms with Gasteiger partial charge in [-0.25, -0.2) is 4.98 Å². The van der Waals surface area contributed by atoms with Crippen molar-refractivity contribution in [1.82, 2.24) is 4.98 Å². The number of thiazole rings is 1. The second-order valence-corrected chi connectivity index (χ2v) is 10.6. The summed E-state index contributed by atoms with van der Waals surface area (Å²) in [7, 11) is -0.480. The molecule has 0 saturated carbocycles. The number of anilines is 1. The molecule has 2 aromatic rings. The molecule has 0 spiro atoms. The third-order valence-electron chi connectivity index (χ3n) is 5.35. The molecule has 1 aliphatic rings. The van der Waals surface area contributed by atoms with Gasteiger partial charge in [0.05, 0.1) is 16.9 Å². The Kier molecular flexibility index (Phi) is 6.29. The van der Waals surface area contributed by atoms with Crippen LogP contribution in [0.1, 0.15) is 45.1 Å². The van der Waals surface area contributed by atoms with E-state index in [1.54, 1.807) is 6.92 Å². The molecular weight excluding hydrogens is 403 g/mol. The molecule has 1 fully saturated rings. The molecule has 1 aliphatic heterocycles. The quantitative estimate of drug-likeness (QED) is 0.674. The Balaban J connectivity index is 1.88. The van der Waals surface area contributed by atoms with Gasteiger partial charge < -0.3 is 15.0 Å². The Hall–Kier alpha value is -1.61. The number of nitrogens with two attached hydrogens (primary N) is 1. The van der Waals surface area contributed by atoms with Crippen molar-refractivity contribution in [2.75, 3.05) is 11.5 Å². The first-order valence-electron chi connectivity index (χ1n) is 9.51. The number of nitrogens with zero attached hydrogens (tertiary/aromatic N) is 1. The third kappa shape index (κ3) is 4.94. The van der Waals surface area contributed by atoms with Crippen molar-refractivity contribution < 1.29 is 14.1 Å². The Morgan fingerprint density at radius 2 is 1.79 bits per heavy atom. The zero-order chi connectivity index (χ0) is 21.4. The summed E-state index contributed by atoms with van der Waals surface area (Å²) in [5, 5.41) is 0.644. The van der Waals surface area contributed by atoms with Crippen LogP contribution in [0, 0.1) is 6.92 Å². The summed E-state index contributed by atoms with van der Waals surface area (Å²) < 4.78 is 12.4. The second-order valence-electron chi connectivity index (χ2n) is 8.17. The molecule has 2 N–H and O–H groups in total. The van der Waals surface area contributed by atoms with Crippen molar-refractivity contribution >= 4 is 46.5 Å². The number of hydrogen-bond donors (Lipinski definition) is 1. The van der Waals surface area contributed by atoms with Crippen LogP contribution in [-0.4, -0.2) is 34.2 Å². The number of aryl methyl sites for hydroxylation is 1. The van der Waals surface area contributed by atoms with Gasteiger partial charge in [0, 0.05) is 23.1 Å². The molecule has 29 heavy (non-hydrogen) atoms. The smallest absolute Gasteiger partial charge is 0.400 e. The molecule has 0 atom stereocenters. The van der Waals surface area contributed by atoms with E-state index in [4.69, 9.17) is 15.0 Å². The lowest BCUT2D eigenvalue weighted by Gasteiger charge is -2.32.